The molecule has 0 heterocycles. The lowest BCUT2D eigenvalue weighted by molar-refractivity contribution is -0.165. The Balaban J connectivity index is 2.17. The van der Waals surface area contributed by atoms with Gasteiger partial charge in [-0.25, -0.2) is 0 Å². The van der Waals surface area contributed by atoms with Gasteiger partial charge in [0.1, 0.15) is 12.1 Å². The van der Waals surface area contributed by atoms with Crippen molar-refractivity contribution in [3.8, 4) is 0 Å². The largest absolute Gasteiger partial charge is 0.460 e. The Kier molecular flexibility index (Phi) is 2.57. The quantitative estimate of drug-likeness (QED) is 0.732. The van der Waals surface area contributed by atoms with Crippen molar-refractivity contribution in [3.63, 3.8) is 0 Å². The van der Waals surface area contributed by atoms with Crippen molar-refractivity contribution in [3.05, 3.63) is 0 Å². The molecule has 2 fully saturated rings. The van der Waals surface area contributed by atoms with Crippen LogP contribution in [-0.4, -0.2) is 18.1 Å². The highest BCUT2D eigenvalue weighted by atomic mass is 16.5. The third kappa shape index (κ3) is 1.56. The van der Waals surface area contributed by atoms with E-state index in [0.717, 1.165) is 0 Å². The lowest BCUT2D eigenvalue weighted by Crippen LogP contribution is -2.46. The second-order valence-electron chi connectivity index (χ2n) is 6.52. The molecular formula is C13H23NO2. The first kappa shape index (κ1) is 11.9. The molecule has 2 aliphatic carbocycles. The Morgan fingerprint density at radius 3 is 2.50 bits per heavy atom. The van der Waals surface area contributed by atoms with Crippen LogP contribution in [0.1, 0.15) is 47.0 Å². The van der Waals surface area contributed by atoms with Crippen molar-refractivity contribution in [2.45, 2.75) is 59.1 Å². The summed E-state index contributed by atoms with van der Waals surface area (Å²) in [6, 6.07) is -0.515. The molecule has 0 aromatic heterocycles. The van der Waals surface area contributed by atoms with E-state index < -0.39 is 6.04 Å². The molecule has 3 heteroatoms. The fourth-order valence-electron chi connectivity index (χ4n) is 3.77. The summed E-state index contributed by atoms with van der Waals surface area (Å²) in [7, 11) is 0. The van der Waals surface area contributed by atoms with Gasteiger partial charge in [0.2, 0.25) is 0 Å². The molecule has 3 nitrogen and oxygen atoms in total. The highest BCUT2D eigenvalue weighted by molar-refractivity contribution is 5.75. The monoisotopic (exact) mass is 225 g/mol. The van der Waals surface area contributed by atoms with Crippen molar-refractivity contribution < 1.29 is 9.53 Å². The van der Waals surface area contributed by atoms with Crippen LogP contribution in [0.25, 0.3) is 0 Å². The Morgan fingerprint density at radius 1 is 1.44 bits per heavy atom. The first-order valence-electron chi connectivity index (χ1n) is 6.23. The van der Waals surface area contributed by atoms with Gasteiger partial charge in [-0.2, -0.15) is 0 Å². The molecule has 2 rings (SSSR count). The minimum Gasteiger partial charge on any atom is -0.460 e. The second-order valence-corrected chi connectivity index (χ2v) is 6.52. The lowest BCUT2D eigenvalue weighted by Gasteiger charge is -2.41. The average molecular weight is 225 g/mol. The molecule has 92 valence electrons. The number of fused-ring (bicyclic) bond motifs is 2. The Hall–Kier alpha value is -0.570. The van der Waals surface area contributed by atoms with E-state index in [9.17, 15) is 4.79 Å². The molecule has 0 aliphatic heterocycles. The van der Waals surface area contributed by atoms with Crippen molar-refractivity contribution in [1.82, 2.24) is 0 Å². The summed E-state index contributed by atoms with van der Waals surface area (Å²) in [6.07, 6.45) is 3.68. The normalized spacial score (nSPS) is 42.1. The van der Waals surface area contributed by atoms with Gasteiger partial charge >= 0.3 is 5.97 Å². The van der Waals surface area contributed by atoms with Crippen molar-refractivity contribution in [1.29, 1.82) is 0 Å². The SMILES string of the molecule is C[C@@H](N)C(=O)OC1C2(C)CCC(C2)C1(C)C. The number of esters is 1. The Bertz CT molecular complexity index is 306. The molecule has 3 unspecified atom stereocenters. The van der Waals surface area contributed by atoms with Gasteiger partial charge in [-0.15, -0.1) is 0 Å². The number of hydrogen-bond acceptors (Lipinski definition) is 3. The zero-order valence-corrected chi connectivity index (χ0v) is 10.7. The maximum absolute atomic E-state index is 11.7. The van der Waals surface area contributed by atoms with Gasteiger partial charge in [-0.3, -0.25) is 4.79 Å². The predicted octanol–water partition coefficient (Wildman–Crippen LogP) is 2.09. The zero-order chi connectivity index (χ0) is 12.1. The molecule has 2 N–H and O–H groups in total. The minimum absolute atomic E-state index is 0.0391. The van der Waals surface area contributed by atoms with E-state index in [2.05, 4.69) is 20.8 Å². The van der Waals surface area contributed by atoms with Crippen LogP contribution in [0.2, 0.25) is 0 Å². The molecule has 16 heavy (non-hydrogen) atoms. The maximum Gasteiger partial charge on any atom is 0.322 e. The van der Waals surface area contributed by atoms with Crippen LogP contribution in [-0.2, 0) is 9.53 Å². The van der Waals surface area contributed by atoms with Crippen LogP contribution in [0.15, 0.2) is 0 Å². The maximum atomic E-state index is 11.7. The highest BCUT2D eigenvalue weighted by Gasteiger charge is 2.61. The third-order valence-corrected chi connectivity index (χ3v) is 4.74. The Morgan fingerprint density at radius 2 is 2.06 bits per heavy atom. The van der Waals surface area contributed by atoms with E-state index >= 15 is 0 Å². The number of carbonyl (C=O) groups excluding carboxylic acids is 1. The highest BCUT2D eigenvalue weighted by Crippen LogP contribution is 2.63. The smallest absolute Gasteiger partial charge is 0.322 e. The van der Waals surface area contributed by atoms with Gasteiger partial charge < -0.3 is 10.5 Å². The number of hydrogen-bond donors (Lipinski definition) is 1. The molecule has 0 saturated heterocycles. The summed E-state index contributed by atoms with van der Waals surface area (Å²) < 4.78 is 5.66. The lowest BCUT2D eigenvalue weighted by atomic mass is 9.70. The van der Waals surface area contributed by atoms with Gasteiger partial charge in [-0.1, -0.05) is 20.8 Å². The number of ether oxygens (including phenoxy) is 1. The van der Waals surface area contributed by atoms with E-state index in [-0.39, 0.29) is 22.9 Å². The predicted molar refractivity (Wildman–Crippen MR) is 62.8 cm³/mol. The summed E-state index contributed by atoms with van der Waals surface area (Å²) in [4.78, 5) is 11.7. The fraction of sp³-hybridized carbons (Fsp3) is 0.923. The summed E-state index contributed by atoms with van der Waals surface area (Å²) in [5, 5.41) is 0. The molecule has 0 amide bonds. The zero-order valence-electron chi connectivity index (χ0n) is 10.7. The van der Waals surface area contributed by atoms with Crippen LogP contribution >= 0.6 is 0 Å². The average Bonchev–Trinajstić information content (AvgIpc) is 2.63. The second kappa shape index (κ2) is 3.46. The molecule has 2 saturated carbocycles. The molecule has 4 atom stereocenters. The van der Waals surface area contributed by atoms with E-state index in [1.54, 1.807) is 6.92 Å². The number of nitrogens with two attached hydrogens (primary N) is 1. The molecule has 0 aromatic rings. The first-order chi connectivity index (χ1) is 7.27. The summed E-state index contributed by atoms with van der Waals surface area (Å²) in [5.74, 6) is 0.440. The van der Waals surface area contributed by atoms with Gasteiger partial charge in [-0.05, 0) is 32.1 Å². The fourth-order valence-corrected chi connectivity index (χ4v) is 3.77. The topological polar surface area (TPSA) is 52.3 Å². The first-order valence-corrected chi connectivity index (χ1v) is 6.23. The Labute approximate surface area is 97.7 Å². The van der Waals surface area contributed by atoms with Crippen LogP contribution < -0.4 is 5.73 Å². The molecule has 0 spiro atoms. The number of rotatable bonds is 2. The van der Waals surface area contributed by atoms with E-state index in [1.807, 2.05) is 0 Å². The standard InChI is InChI=1S/C13H23NO2/c1-8(14)10(15)16-11-12(2,3)9-5-6-13(11,4)7-9/h8-9,11H,5-7,14H2,1-4H3/t8-,9?,11?,13?/m1/s1. The van der Waals surface area contributed by atoms with Crippen molar-refractivity contribution in [2.75, 3.05) is 0 Å². The van der Waals surface area contributed by atoms with E-state index in [4.69, 9.17) is 10.5 Å². The van der Waals surface area contributed by atoms with Gasteiger partial charge in [0.25, 0.3) is 0 Å². The van der Waals surface area contributed by atoms with Crippen LogP contribution in [0.4, 0.5) is 0 Å². The molecule has 0 radical (unpaired) electrons. The summed E-state index contributed by atoms with van der Waals surface area (Å²) in [6.45, 7) is 8.38. The van der Waals surface area contributed by atoms with E-state index in [1.165, 1.54) is 19.3 Å². The van der Waals surface area contributed by atoms with Gasteiger partial charge in [0.15, 0.2) is 0 Å². The van der Waals surface area contributed by atoms with Crippen molar-refractivity contribution in [2.24, 2.45) is 22.5 Å². The van der Waals surface area contributed by atoms with E-state index in [0.29, 0.717) is 5.92 Å². The summed E-state index contributed by atoms with van der Waals surface area (Å²) in [5.41, 5.74) is 5.86. The van der Waals surface area contributed by atoms with Gasteiger partial charge in [0.05, 0.1) is 0 Å². The molecular weight excluding hydrogens is 202 g/mol. The number of carbonyl (C=O) groups is 1. The van der Waals surface area contributed by atoms with Crippen LogP contribution in [0.5, 0.6) is 0 Å². The van der Waals surface area contributed by atoms with Gasteiger partial charge in [0, 0.05) is 10.8 Å². The van der Waals surface area contributed by atoms with Crippen LogP contribution in [0, 0.1) is 16.7 Å². The van der Waals surface area contributed by atoms with Crippen LogP contribution in [0.3, 0.4) is 0 Å². The van der Waals surface area contributed by atoms with Crippen molar-refractivity contribution >= 4 is 5.97 Å². The third-order valence-electron chi connectivity index (χ3n) is 4.74. The molecule has 0 aromatic carbocycles. The minimum atomic E-state index is -0.515. The molecule has 2 bridgehead atoms. The molecule has 2 aliphatic rings. The summed E-state index contributed by atoms with van der Waals surface area (Å²) >= 11 is 0.